The third-order valence-electron chi connectivity index (χ3n) is 4.21. The van der Waals surface area contributed by atoms with Crippen LogP contribution in [0.4, 0.5) is 0 Å². The van der Waals surface area contributed by atoms with Crippen LogP contribution < -0.4 is 0 Å². The maximum absolute atomic E-state index is 6.14. The predicted octanol–water partition coefficient (Wildman–Crippen LogP) is 5.25. The molecule has 33 heavy (non-hydrogen) atoms. The van der Waals surface area contributed by atoms with Crippen LogP contribution in [-0.2, 0) is 36.7 Å². The summed E-state index contributed by atoms with van der Waals surface area (Å²) in [7, 11) is -3.31. The van der Waals surface area contributed by atoms with Gasteiger partial charge in [0, 0.05) is 26.4 Å². The zero-order chi connectivity index (χ0) is 24.3. The average molecular weight is 489 g/mol. The Hall–Kier alpha value is -1.78. The molecular formula is C24H44O8Si. The van der Waals surface area contributed by atoms with Crippen molar-refractivity contribution in [1.29, 1.82) is 0 Å². The van der Waals surface area contributed by atoms with Gasteiger partial charge in [-0.1, -0.05) is 26.3 Å². The van der Waals surface area contributed by atoms with E-state index in [-0.39, 0.29) is 0 Å². The van der Waals surface area contributed by atoms with E-state index in [4.69, 9.17) is 36.7 Å². The second-order valence-corrected chi connectivity index (χ2v) is 9.03. The molecule has 0 N–H and O–H groups in total. The Morgan fingerprint density at radius 2 is 0.576 bits per heavy atom. The molecule has 0 rings (SSSR count). The highest BCUT2D eigenvalue weighted by molar-refractivity contribution is 6.53. The van der Waals surface area contributed by atoms with Gasteiger partial charge in [0.15, 0.2) is 0 Å². The molecule has 0 unspecified atom stereocenters. The van der Waals surface area contributed by atoms with E-state index in [0.717, 1.165) is 51.4 Å². The molecule has 0 radical (unpaired) electrons. The summed E-state index contributed by atoms with van der Waals surface area (Å²) in [4.78, 5) is 0. The molecule has 0 aromatic rings. The van der Waals surface area contributed by atoms with Gasteiger partial charge >= 0.3 is 9.05 Å². The molecule has 0 spiro atoms. The monoisotopic (exact) mass is 488 g/mol. The molecule has 0 aliphatic rings. The van der Waals surface area contributed by atoms with Crippen molar-refractivity contribution < 1.29 is 36.7 Å². The minimum absolute atomic E-state index is 0.464. The normalized spacial score (nSPS) is 10.9. The highest BCUT2D eigenvalue weighted by Crippen LogP contribution is 2.16. The van der Waals surface area contributed by atoms with Gasteiger partial charge in [-0.25, -0.2) is 0 Å². The Morgan fingerprint density at radius 3 is 0.788 bits per heavy atom. The highest BCUT2D eigenvalue weighted by atomic mass is 28.4. The summed E-state index contributed by atoms with van der Waals surface area (Å²) in [5.74, 6) is 0. The second kappa shape index (κ2) is 24.9. The fourth-order valence-corrected chi connectivity index (χ4v) is 4.60. The number of hydrogen-bond acceptors (Lipinski definition) is 8. The van der Waals surface area contributed by atoms with Crippen molar-refractivity contribution in [2.24, 2.45) is 0 Å². The van der Waals surface area contributed by atoms with E-state index in [9.17, 15) is 0 Å². The van der Waals surface area contributed by atoms with Gasteiger partial charge in [0.25, 0.3) is 0 Å². The highest BCUT2D eigenvalue weighted by Gasteiger charge is 2.45. The standard InChI is InChI=1S/C24H44O8Si/c1-5-25-17-9-13-21-29-33(30-22-14-10-18-26-6-2,31-23-15-11-19-27-7-3)32-24-16-12-20-28-8-4/h5-8H,1-4,9-24H2. The Kier molecular flexibility index (Phi) is 23.5. The quantitative estimate of drug-likeness (QED) is 0.0840. The van der Waals surface area contributed by atoms with E-state index in [1.54, 1.807) is 0 Å². The van der Waals surface area contributed by atoms with Crippen molar-refractivity contribution in [2.45, 2.75) is 51.4 Å². The summed E-state index contributed by atoms with van der Waals surface area (Å²) >= 11 is 0. The summed E-state index contributed by atoms with van der Waals surface area (Å²) < 4.78 is 45.2. The van der Waals surface area contributed by atoms with Crippen molar-refractivity contribution in [1.82, 2.24) is 0 Å². The van der Waals surface area contributed by atoms with Crippen molar-refractivity contribution >= 4 is 9.05 Å². The molecule has 0 amide bonds. The molecule has 0 aromatic carbocycles. The van der Waals surface area contributed by atoms with Crippen LogP contribution in [0, 0.1) is 0 Å². The molecule has 0 bridgehead atoms. The number of rotatable bonds is 28. The van der Waals surface area contributed by atoms with Gasteiger partial charge in [-0.05, 0) is 51.4 Å². The number of unbranched alkanes of at least 4 members (excludes halogenated alkanes) is 4. The lowest BCUT2D eigenvalue weighted by Crippen LogP contribution is -2.50. The Balaban J connectivity index is 4.80. The summed E-state index contributed by atoms with van der Waals surface area (Å²) in [5.41, 5.74) is 0. The first-order valence-electron chi connectivity index (χ1n) is 11.7. The SMILES string of the molecule is C=COCCCCO[Si](OCCCCOC=C)(OCCCCOC=C)OCCCCOC=C. The second-order valence-electron chi connectivity index (χ2n) is 6.87. The molecular weight excluding hydrogens is 444 g/mol. The summed E-state index contributed by atoms with van der Waals surface area (Å²) in [6.45, 7) is 18.4. The molecule has 0 heterocycles. The van der Waals surface area contributed by atoms with Crippen molar-refractivity contribution in [2.75, 3.05) is 52.9 Å². The molecule has 0 aromatic heterocycles. The van der Waals surface area contributed by atoms with E-state index in [2.05, 4.69) is 26.3 Å². The Labute approximate surface area is 201 Å². The van der Waals surface area contributed by atoms with E-state index in [0.29, 0.717) is 52.9 Å². The topological polar surface area (TPSA) is 73.8 Å². The lowest BCUT2D eigenvalue weighted by molar-refractivity contribution is -0.0388. The van der Waals surface area contributed by atoms with Gasteiger partial charge in [-0.3, -0.25) is 0 Å². The van der Waals surface area contributed by atoms with Crippen LogP contribution in [-0.4, -0.2) is 61.9 Å². The van der Waals surface area contributed by atoms with Gasteiger partial charge in [0.2, 0.25) is 0 Å². The van der Waals surface area contributed by atoms with Crippen LogP contribution >= 0.6 is 0 Å². The lowest BCUT2D eigenvalue weighted by Gasteiger charge is -2.28. The zero-order valence-corrected chi connectivity index (χ0v) is 21.2. The zero-order valence-electron chi connectivity index (χ0n) is 20.2. The molecule has 8 nitrogen and oxygen atoms in total. The summed E-state index contributed by atoms with van der Waals surface area (Å²) in [5, 5.41) is 0. The number of ether oxygens (including phenoxy) is 4. The van der Waals surface area contributed by atoms with Gasteiger partial charge in [-0.2, -0.15) is 0 Å². The molecule has 0 aliphatic heterocycles. The summed E-state index contributed by atoms with van der Waals surface area (Å²) in [6.07, 6.45) is 12.3. The largest absolute Gasteiger partial charge is 0.679 e. The van der Waals surface area contributed by atoms with Crippen LogP contribution in [0.3, 0.4) is 0 Å². The van der Waals surface area contributed by atoms with Gasteiger partial charge in [0.05, 0.1) is 51.5 Å². The van der Waals surface area contributed by atoms with E-state index in [1.807, 2.05) is 0 Å². The van der Waals surface area contributed by atoms with Gasteiger partial charge < -0.3 is 36.7 Å². The fraction of sp³-hybridized carbons (Fsp3) is 0.667. The maximum atomic E-state index is 6.14. The number of hydrogen-bond donors (Lipinski definition) is 0. The van der Waals surface area contributed by atoms with E-state index in [1.165, 1.54) is 25.0 Å². The lowest BCUT2D eigenvalue weighted by atomic mass is 10.3. The fourth-order valence-electron chi connectivity index (χ4n) is 2.52. The summed E-state index contributed by atoms with van der Waals surface area (Å²) in [6, 6.07) is 0. The van der Waals surface area contributed by atoms with E-state index < -0.39 is 9.05 Å². The molecule has 0 saturated heterocycles. The van der Waals surface area contributed by atoms with Crippen LogP contribution in [0.2, 0.25) is 0 Å². The van der Waals surface area contributed by atoms with Gasteiger partial charge in [-0.15, -0.1) is 0 Å². The van der Waals surface area contributed by atoms with Crippen LogP contribution in [0.25, 0.3) is 0 Å². The van der Waals surface area contributed by atoms with Crippen LogP contribution in [0.15, 0.2) is 51.4 Å². The molecule has 192 valence electrons. The van der Waals surface area contributed by atoms with Crippen molar-refractivity contribution in [3.63, 3.8) is 0 Å². The van der Waals surface area contributed by atoms with Gasteiger partial charge in [0.1, 0.15) is 0 Å². The molecule has 9 heteroatoms. The third kappa shape index (κ3) is 20.5. The van der Waals surface area contributed by atoms with Crippen LogP contribution in [0.5, 0.6) is 0 Å². The van der Waals surface area contributed by atoms with Crippen molar-refractivity contribution in [3.8, 4) is 0 Å². The molecule has 0 atom stereocenters. The first-order chi connectivity index (χ1) is 16.2. The Bertz CT molecular complexity index is 390. The average Bonchev–Trinajstić information content (AvgIpc) is 2.83. The van der Waals surface area contributed by atoms with Crippen LogP contribution in [0.1, 0.15) is 51.4 Å². The van der Waals surface area contributed by atoms with Crippen molar-refractivity contribution in [3.05, 3.63) is 51.4 Å². The predicted molar refractivity (Wildman–Crippen MR) is 131 cm³/mol. The molecule has 0 saturated carbocycles. The molecule has 0 aliphatic carbocycles. The third-order valence-corrected chi connectivity index (χ3v) is 6.44. The minimum Gasteiger partial charge on any atom is -0.502 e. The first-order valence-corrected chi connectivity index (χ1v) is 13.3. The first kappa shape index (κ1) is 31.2. The molecule has 0 fully saturated rings. The van der Waals surface area contributed by atoms with E-state index >= 15 is 0 Å². The minimum atomic E-state index is -3.31. The Morgan fingerprint density at radius 1 is 0.364 bits per heavy atom. The smallest absolute Gasteiger partial charge is 0.502 e. The maximum Gasteiger partial charge on any atom is 0.679 e.